The molecule has 3 saturated heterocycles. The van der Waals surface area contributed by atoms with Crippen LogP contribution in [0.4, 0.5) is 20.3 Å². The van der Waals surface area contributed by atoms with Gasteiger partial charge in [0.05, 0.1) is 29.9 Å². The van der Waals surface area contributed by atoms with Gasteiger partial charge in [0.1, 0.15) is 18.4 Å². The number of hydrogen-bond acceptors (Lipinski definition) is 11. The molecule has 16 nitrogen and oxygen atoms in total. The number of carbonyl (C=O) groups is 5. The normalized spacial score (nSPS) is 21.2. The molecule has 1 unspecified atom stereocenters. The van der Waals surface area contributed by atoms with Gasteiger partial charge in [-0.15, -0.1) is 0 Å². The number of amides is 5. The molecular formula is C47H54F2N10O6. The van der Waals surface area contributed by atoms with E-state index >= 15 is 0 Å². The molecule has 6 aliphatic heterocycles. The summed E-state index contributed by atoms with van der Waals surface area (Å²) in [5.74, 6) is -1.11. The minimum absolute atomic E-state index is 0.00926. The highest BCUT2D eigenvalue weighted by Crippen LogP contribution is 2.44. The smallest absolute Gasteiger partial charge is 0.266 e. The highest BCUT2D eigenvalue weighted by atomic mass is 19.3. The number of ether oxygens (including phenoxy) is 1. The van der Waals surface area contributed by atoms with Crippen molar-refractivity contribution in [2.75, 3.05) is 57.3 Å². The van der Waals surface area contributed by atoms with Crippen LogP contribution in [0.1, 0.15) is 107 Å². The molecule has 1 atom stereocenters. The zero-order valence-electron chi connectivity index (χ0n) is 36.8. The number of piperidine rings is 3. The van der Waals surface area contributed by atoms with Crippen LogP contribution in [0.25, 0.3) is 11.1 Å². The molecular weight excluding hydrogens is 839 g/mol. The van der Waals surface area contributed by atoms with Crippen LogP contribution in [0.2, 0.25) is 0 Å². The molecule has 6 aliphatic rings. The van der Waals surface area contributed by atoms with Gasteiger partial charge in [-0.05, 0) is 93.4 Å². The molecule has 18 heteroatoms. The second-order valence-electron chi connectivity index (χ2n) is 18.2. The summed E-state index contributed by atoms with van der Waals surface area (Å²) in [6, 6.07) is 8.06. The second kappa shape index (κ2) is 17.4. The van der Waals surface area contributed by atoms with Crippen molar-refractivity contribution >= 4 is 41.0 Å². The lowest BCUT2D eigenvalue weighted by molar-refractivity contribution is -0.136. The van der Waals surface area contributed by atoms with Crippen molar-refractivity contribution < 1.29 is 37.5 Å². The number of fused-ring (bicyclic) bond motifs is 3. The molecule has 0 saturated carbocycles. The number of alkyl halides is 2. The molecule has 0 radical (unpaired) electrons. The zero-order valence-corrected chi connectivity index (χ0v) is 36.8. The number of benzene rings is 2. The molecule has 342 valence electrons. The van der Waals surface area contributed by atoms with Gasteiger partial charge >= 0.3 is 0 Å². The minimum Gasteiger partial charge on any atom is -0.491 e. The Bertz CT molecular complexity index is 2560. The van der Waals surface area contributed by atoms with Crippen molar-refractivity contribution in [3.05, 3.63) is 76.2 Å². The number of halogens is 2. The summed E-state index contributed by atoms with van der Waals surface area (Å²) in [5.41, 5.74) is 5.41. The zero-order chi connectivity index (χ0) is 45.1. The van der Waals surface area contributed by atoms with Gasteiger partial charge in [-0.2, -0.15) is 10.2 Å². The van der Waals surface area contributed by atoms with Gasteiger partial charge in [0.2, 0.25) is 17.7 Å². The van der Waals surface area contributed by atoms with E-state index in [0.717, 1.165) is 97.9 Å². The molecule has 3 fully saturated rings. The molecule has 0 bridgehead atoms. The average Bonchev–Trinajstić information content (AvgIpc) is 3.99. The van der Waals surface area contributed by atoms with Crippen molar-refractivity contribution in [1.82, 2.24) is 44.5 Å². The van der Waals surface area contributed by atoms with Crippen molar-refractivity contribution in [2.45, 2.75) is 95.8 Å². The van der Waals surface area contributed by atoms with Crippen molar-refractivity contribution in [3.8, 4) is 16.9 Å². The Kier molecular flexibility index (Phi) is 11.5. The number of anilines is 2. The Morgan fingerprint density at radius 2 is 1.69 bits per heavy atom. The number of likely N-dealkylation sites (tertiary alicyclic amines) is 2. The Balaban J connectivity index is 0.776. The lowest BCUT2D eigenvalue weighted by Gasteiger charge is -2.42. The minimum atomic E-state index is -2.67. The van der Waals surface area contributed by atoms with Gasteiger partial charge < -0.3 is 19.4 Å². The maximum atomic E-state index is 14.7. The maximum Gasteiger partial charge on any atom is 0.266 e. The van der Waals surface area contributed by atoms with Gasteiger partial charge in [-0.1, -0.05) is 6.07 Å². The second-order valence-corrected chi connectivity index (χ2v) is 18.2. The fourth-order valence-corrected chi connectivity index (χ4v) is 11.0. The van der Waals surface area contributed by atoms with Crippen LogP contribution in [0.15, 0.2) is 42.7 Å². The first-order chi connectivity index (χ1) is 31.4. The van der Waals surface area contributed by atoms with E-state index in [1.54, 1.807) is 55.3 Å². The monoisotopic (exact) mass is 892 g/mol. The summed E-state index contributed by atoms with van der Waals surface area (Å²) in [6.07, 6.45) is 7.08. The van der Waals surface area contributed by atoms with Crippen LogP contribution in [-0.2, 0) is 40.8 Å². The quantitative estimate of drug-likeness (QED) is 0.218. The predicted octanol–water partition coefficient (Wildman–Crippen LogP) is 4.79. The molecule has 65 heavy (non-hydrogen) atoms. The highest BCUT2D eigenvalue weighted by Gasteiger charge is 2.46. The van der Waals surface area contributed by atoms with E-state index < -0.39 is 36.1 Å². The third kappa shape index (κ3) is 7.97. The number of aryl methyl sites for hydroxylation is 2. The fourth-order valence-electron chi connectivity index (χ4n) is 11.0. The number of nitrogens with one attached hydrogen (secondary N) is 1. The van der Waals surface area contributed by atoms with Gasteiger partial charge in [0.15, 0.2) is 5.82 Å². The molecule has 5 amide bonds. The maximum absolute atomic E-state index is 14.7. The number of rotatable bonds is 10. The summed E-state index contributed by atoms with van der Waals surface area (Å²) in [4.78, 5) is 73.5. The van der Waals surface area contributed by atoms with Crippen molar-refractivity contribution in [3.63, 3.8) is 0 Å². The first-order valence-corrected chi connectivity index (χ1v) is 22.9. The first kappa shape index (κ1) is 42.9. The number of imide groups is 2. The van der Waals surface area contributed by atoms with Crippen LogP contribution in [0.5, 0.6) is 5.75 Å². The lowest BCUT2D eigenvalue weighted by Crippen LogP contribution is -2.54. The molecule has 0 aliphatic carbocycles. The van der Waals surface area contributed by atoms with Crippen molar-refractivity contribution in [1.29, 1.82) is 0 Å². The molecule has 0 spiro atoms. The van der Waals surface area contributed by atoms with Crippen LogP contribution >= 0.6 is 0 Å². The third-order valence-corrected chi connectivity index (χ3v) is 14.4. The summed E-state index contributed by atoms with van der Waals surface area (Å²) in [5, 5.41) is 11.8. The number of hydrogen-bond donors (Lipinski definition) is 1. The van der Waals surface area contributed by atoms with E-state index in [0.29, 0.717) is 62.1 Å². The standard InChI is InChI=1S/C47H54F2N10O6/c1-28(60)56-20-14-37-36(27-56)44(57-15-4-5-29-23-34(30-25-50-53(2)26-30)35(43(48)49)24-39(29)57)52-59(37)32-12-18-55(19-13-32)31-10-16-54(17-11-31)21-22-65-40-7-3-6-33-42(40)47(64)58(46(33)63)38-8-9-41(61)51-45(38)62/h3,6-7,23-26,31-32,38,43H,4-5,8-22,27H2,1-2H3,(H,51,61,62). The largest absolute Gasteiger partial charge is 0.491 e. The van der Waals surface area contributed by atoms with Crippen LogP contribution in [0, 0.1) is 0 Å². The van der Waals surface area contributed by atoms with E-state index in [9.17, 15) is 32.8 Å². The Morgan fingerprint density at radius 3 is 2.42 bits per heavy atom. The van der Waals surface area contributed by atoms with Gasteiger partial charge in [0, 0.05) is 99.8 Å². The van der Waals surface area contributed by atoms with E-state index in [4.69, 9.17) is 9.84 Å². The number of carbonyl (C=O) groups excluding carboxylic acids is 5. The van der Waals surface area contributed by atoms with Crippen molar-refractivity contribution in [2.24, 2.45) is 7.05 Å². The molecule has 8 heterocycles. The SMILES string of the molecule is CC(=O)N1CCc2c(c(N3CCCc4cc(-c5cnn(C)c5)c(C(F)F)cc43)nn2C2CCN(C3CCN(CCOc4cccc5c4C(=O)N(C4CCC(=O)NC4=O)C5=O)CC3)CC2)C1. The average molecular weight is 893 g/mol. The summed E-state index contributed by atoms with van der Waals surface area (Å²) < 4.78 is 39.5. The fraction of sp³-hybridized carbons (Fsp3) is 0.511. The lowest BCUT2D eigenvalue weighted by atomic mass is 9.92. The first-order valence-electron chi connectivity index (χ1n) is 22.9. The Hall–Kier alpha value is -6.01. The van der Waals surface area contributed by atoms with Crippen LogP contribution in [0.3, 0.4) is 0 Å². The van der Waals surface area contributed by atoms with Crippen LogP contribution in [-0.4, -0.2) is 133 Å². The Labute approximate surface area is 375 Å². The van der Waals surface area contributed by atoms with Gasteiger partial charge in [-0.25, -0.2) is 8.78 Å². The van der Waals surface area contributed by atoms with Gasteiger partial charge in [0.25, 0.3) is 18.2 Å². The number of nitrogens with zero attached hydrogens (tertiary/aromatic N) is 9. The molecule has 4 aromatic rings. The van der Waals surface area contributed by atoms with E-state index in [1.807, 2.05) is 11.0 Å². The third-order valence-electron chi connectivity index (χ3n) is 14.4. The summed E-state index contributed by atoms with van der Waals surface area (Å²) >= 11 is 0. The van der Waals surface area contributed by atoms with E-state index in [2.05, 4.69) is 29.8 Å². The van der Waals surface area contributed by atoms with Crippen LogP contribution < -0.4 is 15.0 Å². The number of aromatic nitrogens is 4. The molecule has 2 aromatic heterocycles. The van der Waals surface area contributed by atoms with Gasteiger partial charge in [-0.3, -0.25) is 48.5 Å². The Morgan fingerprint density at radius 1 is 0.908 bits per heavy atom. The summed E-state index contributed by atoms with van der Waals surface area (Å²) in [7, 11) is 1.78. The predicted molar refractivity (Wildman–Crippen MR) is 234 cm³/mol. The topological polar surface area (TPSA) is 158 Å². The highest BCUT2D eigenvalue weighted by molar-refractivity contribution is 6.24. The molecule has 2 aromatic carbocycles. The molecule has 10 rings (SSSR count). The van der Waals surface area contributed by atoms with E-state index in [1.165, 1.54) is 0 Å². The van der Waals surface area contributed by atoms with E-state index in [-0.39, 0.29) is 41.5 Å². The summed E-state index contributed by atoms with van der Waals surface area (Å²) in [6.45, 7) is 7.96. The molecule has 1 N–H and O–H groups in total.